The second-order valence-corrected chi connectivity index (χ2v) is 7.56. The van der Waals surface area contributed by atoms with Crippen LogP contribution in [0, 0.1) is 0 Å². The normalized spacial score (nSPS) is 15.9. The molecule has 0 aromatic heterocycles. The van der Waals surface area contributed by atoms with Gasteiger partial charge in [0.15, 0.2) is 5.96 Å². The molecular weight excluding hydrogens is 336 g/mol. The van der Waals surface area contributed by atoms with Crippen LogP contribution < -0.4 is 10.6 Å². The molecule has 0 aliphatic carbocycles. The van der Waals surface area contributed by atoms with Gasteiger partial charge in [-0.25, -0.2) is 0 Å². The number of hydrogen-bond donors (Lipinski definition) is 2. The number of carbonyl (C=O) groups is 1. The van der Waals surface area contributed by atoms with Crippen molar-refractivity contribution in [2.75, 3.05) is 13.6 Å². The molecule has 1 fully saturated rings. The minimum Gasteiger partial charge on any atom is -0.354 e. The van der Waals surface area contributed by atoms with Crippen LogP contribution in [0.3, 0.4) is 0 Å². The Kier molecular flexibility index (Phi) is 9.16. The number of rotatable bonds is 10. The molecule has 1 amide bonds. The van der Waals surface area contributed by atoms with Gasteiger partial charge in [-0.1, -0.05) is 56.9 Å². The second-order valence-electron chi connectivity index (χ2n) is 7.56. The van der Waals surface area contributed by atoms with Crippen LogP contribution in [0.15, 0.2) is 29.3 Å². The van der Waals surface area contributed by atoms with E-state index in [0.29, 0.717) is 19.0 Å². The van der Waals surface area contributed by atoms with E-state index in [1.807, 2.05) is 11.9 Å². The summed E-state index contributed by atoms with van der Waals surface area (Å²) in [5.41, 5.74) is 2.40. The molecule has 1 heterocycles. The molecule has 150 valence electrons. The molecule has 1 unspecified atom stereocenters. The van der Waals surface area contributed by atoms with Gasteiger partial charge in [-0.05, 0) is 30.9 Å². The van der Waals surface area contributed by atoms with Crippen LogP contribution in [0.2, 0.25) is 0 Å². The topological polar surface area (TPSA) is 56.7 Å². The molecule has 5 heteroatoms. The quantitative estimate of drug-likeness (QED) is 0.373. The first-order chi connectivity index (χ1) is 13.1. The molecule has 1 atom stereocenters. The number of guanidine groups is 1. The average molecular weight is 373 g/mol. The van der Waals surface area contributed by atoms with Crippen LogP contribution in [0.1, 0.15) is 69.9 Å². The Morgan fingerprint density at radius 2 is 2.07 bits per heavy atom. The smallest absolute Gasteiger partial charge is 0.222 e. The van der Waals surface area contributed by atoms with Gasteiger partial charge in [0.1, 0.15) is 0 Å². The zero-order valence-electron chi connectivity index (χ0n) is 17.3. The Morgan fingerprint density at radius 3 is 2.78 bits per heavy atom. The first-order valence-electron chi connectivity index (χ1n) is 10.4. The van der Waals surface area contributed by atoms with E-state index in [2.05, 4.69) is 53.7 Å². The summed E-state index contributed by atoms with van der Waals surface area (Å²) in [6, 6.07) is 8.88. The van der Waals surface area contributed by atoms with Crippen molar-refractivity contribution >= 4 is 11.9 Å². The third-order valence-corrected chi connectivity index (χ3v) is 5.09. The Balaban J connectivity index is 1.78. The molecule has 0 radical (unpaired) electrons. The molecule has 5 nitrogen and oxygen atoms in total. The molecule has 1 saturated heterocycles. The van der Waals surface area contributed by atoms with E-state index in [1.165, 1.54) is 43.2 Å². The highest BCUT2D eigenvalue weighted by Gasteiger charge is 2.19. The van der Waals surface area contributed by atoms with Crippen LogP contribution in [-0.2, 0) is 17.9 Å². The van der Waals surface area contributed by atoms with Crippen molar-refractivity contribution in [1.82, 2.24) is 15.5 Å². The van der Waals surface area contributed by atoms with Gasteiger partial charge in [0.05, 0.1) is 0 Å². The third kappa shape index (κ3) is 7.61. The third-order valence-electron chi connectivity index (χ3n) is 5.09. The molecule has 0 spiro atoms. The lowest BCUT2D eigenvalue weighted by atomic mass is 10.1. The Hall–Kier alpha value is -2.04. The highest BCUT2D eigenvalue weighted by molar-refractivity contribution is 5.80. The van der Waals surface area contributed by atoms with Gasteiger partial charge in [-0.3, -0.25) is 9.79 Å². The van der Waals surface area contributed by atoms with Crippen LogP contribution in [0.4, 0.5) is 0 Å². The van der Waals surface area contributed by atoms with Gasteiger partial charge in [0.25, 0.3) is 0 Å². The molecule has 2 rings (SSSR count). The summed E-state index contributed by atoms with van der Waals surface area (Å²) in [5.74, 6) is 1.12. The second kappa shape index (κ2) is 11.6. The first-order valence-corrected chi connectivity index (χ1v) is 10.4. The molecule has 1 aliphatic rings. The molecule has 0 bridgehead atoms. The predicted molar refractivity (Wildman–Crippen MR) is 113 cm³/mol. The van der Waals surface area contributed by atoms with Gasteiger partial charge in [-0.15, -0.1) is 0 Å². The van der Waals surface area contributed by atoms with Crippen molar-refractivity contribution in [1.29, 1.82) is 0 Å². The Labute approximate surface area is 164 Å². The molecule has 27 heavy (non-hydrogen) atoms. The van der Waals surface area contributed by atoms with Crippen LogP contribution >= 0.6 is 0 Å². The molecular formula is C22H36N4O. The number of amides is 1. The van der Waals surface area contributed by atoms with Crippen LogP contribution in [0.5, 0.6) is 0 Å². The van der Waals surface area contributed by atoms with E-state index in [4.69, 9.17) is 0 Å². The highest BCUT2D eigenvalue weighted by atomic mass is 16.2. The maximum atomic E-state index is 11.8. The van der Waals surface area contributed by atoms with Crippen molar-refractivity contribution in [3.05, 3.63) is 35.4 Å². The van der Waals surface area contributed by atoms with Gasteiger partial charge in [0, 0.05) is 39.1 Å². The summed E-state index contributed by atoms with van der Waals surface area (Å²) in [6.07, 6.45) is 8.00. The first kappa shape index (κ1) is 21.3. The van der Waals surface area contributed by atoms with E-state index >= 15 is 0 Å². The summed E-state index contributed by atoms with van der Waals surface area (Å²) >= 11 is 0. The fraction of sp³-hybridized carbons (Fsp3) is 0.636. The van der Waals surface area contributed by atoms with Crippen molar-refractivity contribution in [2.45, 2.75) is 77.9 Å². The summed E-state index contributed by atoms with van der Waals surface area (Å²) in [6.45, 7) is 6.78. The predicted octanol–water partition coefficient (Wildman–Crippen LogP) is 3.83. The number of benzene rings is 1. The number of unbranched alkanes of at least 4 members (excludes halogenated alkanes) is 3. The van der Waals surface area contributed by atoms with Crippen molar-refractivity contribution in [3.63, 3.8) is 0 Å². The zero-order valence-corrected chi connectivity index (χ0v) is 17.3. The van der Waals surface area contributed by atoms with Crippen molar-refractivity contribution in [2.24, 2.45) is 4.99 Å². The van der Waals surface area contributed by atoms with E-state index in [-0.39, 0.29) is 5.91 Å². The van der Waals surface area contributed by atoms with E-state index in [0.717, 1.165) is 25.5 Å². The van der Waals surface area contributed by atoms with E-state index in [9.17, 15) is 4.79 Å². The Morgan fingerprint density at radius 1 is 1.26 bits per heavy atom. The van der Waals surface area contributed by atoms with Gasteiger partial charge >= 0.3 is 0 Å². The summed E-state index contributed by atoms with van der Waals surface area (Å²) in [7, 11) is 1.81. The molecule has 1 aromatic rings. The maximum Gasteiger partial charge on any atom is 0.222 e. The summed E-state index contributed by atoms with van der Waals surface area (Å²) < 4.78 is 0. The van der Waals surface area contributed by atoms with Gasteiger partial charge in [-0.2, -0.15) is 0 Å². The van der Waals surface area contributed by atoms with Crippen molar-refractivity contribution < 1.29 is 4.79 Å². The SMILES string of the molecule is CCCCCCC(C)NC(=NC)NCc1cccc(CN2CCCC2=O)c1. The maximum absolute atomic E-state index is 11.8. The molecule has 1 aliphatic heterocycles. The van der Waals surface area contributed by atoms with Gasteiger partial charge < -0.3 is 15.5 Å². The fourth-order valence-corrected chi connectivity index (χ4v) is 3.49. The number of hydrogen-bond acceptors (Lipinski definition) is 2. The number of aliphatic imine (C=N–C) groups is 1. The van der Waals surface area contributed by atoms with Crippen LogP contribution in [-0.4, -0.2) is 36.4 Å². The van der Waals surface area contributed by atoms with Gasteiger partial charge in [0.2, 0.25) is 5.91 Å². The molecule has 0 saturated carbocycles. The monoisotopic (exact) mass is 372 g/mol. The lowest BCUT2D eigenvalue weighted by molar-refractivity contribution is -0.128. The molecule has 2 N–H and O–H groups in total. The fourth-order valence-electron chi connectivity index (χ4n) is 3.49. The lowest BCUT2D eigenvalue weighted by Crippen LogP contribution is -2.41. The number of nitrogens with zero attached hydrogens (tertiary/aromatic N) is 2. The zero-order chi connectivity index (χ0) is 19.5. The van der Waals surface area contributed by atoms with Crippen LogP contribution in [0.25, 0.3) is 0 Å². The standard InChI is InChI=1S/C22H36N4O/c1-4-5-6-7-10-18(2)25-22(23-3)24-16-19-11-8-12-20(15-19)17-26-14-9-13-21(26)27/h8,11-12,15,18H,4-7,9-10,13-14,16-17H2,1-3H3,(H2,23,24,25). The number of nitrogens with one attached hydrogen (secondary N) is 2. The number of likely N-dealkylation sites (tertiary alicyclic amines) is 1. The van der Waals surface area contributed by atoms with E-state index < -0.39 is 0 Å². The minimum absolute atomic E-state index is 0.274. The largest absolute Gasteiger partial charge is 0.354 e. The highest BCUT2D eigenvalue weighted by Crippen LogP contribution is 2.15. The minimum atomic E-state index is 0.274. The average Bonchev–Trinajstić information content (AvgIpc) is 3.07. The summed E-state index contributed by atoms with van der Waals surface area (Å²) in [4.78, 5) is 18.1. The Bertz CT molecular complexity index is 614. The van der Waals surface area contributed by atoms with E-state index in [1.54, 1.807) is 0 Å². The number of carbonyl (C=O) groups excluding carboxylic acids is 1. The molecule has 1 aromatic carbocycles. The lowest BCUT2D eigenvalue weighted by Gasteiger charge is -2.19. The van der Waals surface area contributed by atoms with Crippen molar-refractivity contribution in [3.8, 4) is 0 Å². The summed E-state index contributed by atoms with van der Waals surface area (Å²) in [5, 5.41) is 6.89.